The van der Waals surface area contributed by atoms with Crippen molar-refractivity contribution >= 4 is 23.4 Å². The molecule has 2 aliphatic heterocycles. The van der Waals surface area contributed by atoms with E-state index in [-0.39, 0.29) is 30.4 Å². The van der Waals surface area contributed by atoms with Gasteiger partial charge in [0.15, 0.2) is 5.69 Å². The molecule has 0 saturated carbocycles. The maximum absolute atomic E-state index is 13.1. The van der Waals surface area contributed by atoms with Crippen molar-refractivity contribution in [2.75, 3.05) is 33.4 Å². The monoisotopic (exact) mass is 461 g/mol. The Bertz CT molecular complexity index is 940. The van der Waals surface area contributed by atoms with Crippen LogP contribution < -0.4 is 5.32 Å². The van der Waals surface area contributed by atoms with E-state index in [2.05, 4.69) is 15.6 Å². The zero-order valence-corrected chi connectivity index (χ0v) is 18.9. The molecule has 1 aromatic carbocycles. The summed E-state index contributed by atoms with van der Waals surface area (Å²) in [7, 11) is 1.64. The molecular formula is C22H28ClN5O4. The van der Waals surface area contributed by atoms with Crippen LogP contribution >= 0.6 is 11.6 Å². The number of hydrogen-bond acceptors (Lipinski definition) is 6. The molecule has 0 unspecified atom stereocenters. The summed E-state index contributed by atoms with van der Waals surface area (Å²) < 4.78 is 12.7. The van der Waals surface area contributed by atoms with Crippen molar-refractivity contribution in [3.8, 4) is 0 Å². The predicted octanol–water partition coefficient (Wildman–Crippen LogP) is 2.21. The molecule has 3 heterocycles. The third-order valence-electron chi connectivity index (χ3n) is 6.02. The van der Waals surface area contributed by atoms with Crippen molar-refractivity contribution in [3.05, 3.63) is 46.2 Å². The lowest BCUT2D eigenvalue weighted by atomic mass is 9.95. The van der Waals surface area contributed by atoms with Crippen molar-refractivity contribution < 1.29 is 19.1 Å². The Hall–Kier alpha value is -2.49. The summed E-state index contributed by atoms with van der Waals surface area (Å²) in [6.07, 6.45) is 1.91. The number of benzene rings is 1. The normalized spacial score (nSPS) is 18.9. The largest absolute Gasteiger partial charge is 0.385 e. The van der Waals surface area contributed by atoms with Gasteiger partial charge in [-0.1, -0.05) is 28.9 Å². The fourth-order valence-electron chi connectivity index (χ4n) is 4.12. The minimum Gasteiger partial charge on any atom is -0.385 e. The van der Waals surface area contributed by atoms with Crippen molar-refractivity contribution in [2.24, 2.45) is 5.92 Å². The molecule has 0 spiro atoms. The highest BCUT2D eigenvalue weighted by molar-refractivity contribution is 6.30. The molecule has 0 radical (unpaired) electrons. The lowest BCUT2D eigenvalue weighted by Gasteiger charge is -2.31. The quantitative estimate of drug-likeness (QED) is 0.635. The summed E-state index contributed by atoms with van der Waals surface area (Å²) >= 11 is 5.97. The summed E-state index contributed by atoms with van der Waals surface area (Å²) in [5.41, 5.74) is 2.03. The maximum atomic E-state index is 13.1. The minimum atomic E-state index is -0.164. The molecule has 10 heteroatoms. The van der Waals surface area contributed by atoms with Gasteiger partial charge in [-0.3, -0.25) is 9.59 Å². The first-order chi connectivity index (χ1) is 15.6. The molecule has 2 amide bonds. The van der Waals surface area contributed by atoms with Crippen molar-refractivity contribution in [1.29, 1.82) is 0 Å². The predicted molar refractivity (Wildman–Crippen MR) is 117 cm³/mol. The number of aromatic nitrogens is 3. The summed E-state index contributed by atoms with van der Waals surface area (Å²) in [5, 5.41) is 12.0. The van der Waals surface area contributed by atoms with Gasteiger partial charge in [0.25, 0.3) is 5.91 Å². The van der Waals surface area contributed by atoms with Crippen LogP contribution in [0.25, 0.3) is 0 Å². The fraction of sp³-hybridized carbons (Fsp3) is 0.545. The number of fused-ring (bicyclic) bond motifs is 1. The van der Waals surface area contributed by atoms with E-state index in [0.29, 0.717) is 62.0 Å². The summed E-state index contributed by atoms with van der Waals surface area (Å²) in [6, 6.07) is 7.52. The Morgan fingerprint density at radius 2 is 2.00 bits per heavy atom. The van der Waals surface area contributed by atoms with E-state index in [0.717, 1.165) is 12.0 Å². The molecule has 9 nitrogen and oxygen atoms in total. The molecule has 32 heavy (non-hydrogen) atoms. The fourth-order valence-corrected chi connectivity index (χ4v) is 4.25. The first-order valence-corrected chi connectivity index (χ1v) is 11.3. The maximum Gasteiger partial charge on any atom is 0.276 e. The third-order valence-corrected chi connectivity index (χ3v) is 6.27. The van der Waals surface area contributed by atoms with E-state index in [4.69, 9.17) is 21.1 Å². The van der Waals surface area contributed by atoms with Crippen LogP contribution in [0.5, 0.6) is 0 Å². The highest BCUT2D eigenvalue weighted by Crippen LogP contribution is 2.28. The number of nitrogens with zero attached hydrogens (tertiary/aromatic N) is 4. The van der Waals surface area contributed by atoms with Crippen LogP contribution in [0.3, 0.4) is 0 Å². The molecule has 0 bridgehead atoms. The van der Waals surface area contributed by atoms with E-state index in [1.807, 2.05) is 24.3 Å². The SMILES string of the molecule is COCCCNC(=O)C1CCN(C(=O)c2nnn3c2CO[C@H](c2ccc(Cl)cc2)C3)CC1. The first-order valence-electron chi connectivity index (χ1n) is 10.9. The number of halogens is 1. The number of hydrogen-bond donors (Lipinski definition) is 1. The molecule has 1 saturated heterocycles. The van der Waals surface area contributed by atoms with Gasteiger partial charge in [-0.15, -0.1) is 5.10 Å². The number of likely N-dealkylation sites (tertiary alicyclic amines) is 1. The Balaban J connectivity index is 1.32. The van der Waals surface area contributed by atoms with E-state index in [9.17, 15) is 9.59 Å². The Morgan fingerprint density at radius 1 is 1.25 bits per heavy atom. The average Bonchev–Trinajstić information content (AvgIpc) is 3.25. The van der Waals surface area contributed by atoms with Crippen molar-refractivity contribution in [2.45, 2.75) is 38.5 Å². The van der Waals surface area contributed by atoms with Gasteiger partial charge in [0.1, 0.15) is 6.10 Å². The Kier molecular flexibility index (Phi) is 7.39. The van der Waals surface area contributed by atoms with Crippen LogP contribution in [0.15, 0.2) is 24.3 Å². The Morgan fingerprint density at radius 3 is 2.72 bits per heavy atom. The van der Waals surface area contributed by atoms with E-state index in [1.54, 1.807) is 16.7 Å². The number of carbonyl (C=O) groups is 2. The molecule has 1 fully saturated rings. The Labute approximate surface area is 192 Å². The van der Waals surface area contributed by atoms with Crippen LogP contribution in [0.2, 0.25) is 5.02 Å². The first kappa shape index (κ1) is 22.7. The van der Waals surface area contributed by atoms with Gasteiger partial charge >= 0.3 is 0 Å². The molecule has 172 valence electrons. The van der Waals surface area contributed by atoms with E-state index >= 15 is 0 Å². The third kappa shape index (κ3) is 5.11. The van der Waals surface area contributed by atoms with Gasteiger partial charge < -0.3 is 19.7 Å². The highest BCUT2D eigenvalue weighted by atomic mass is 35.5. The van der Waals surface area contributed by atoms with Crippen LogP contribution in [-0.2, 0) is 27.4 Å². The molecule has 0 aliphatic carbocycles. The van der Waals surface area contributed by atoms with Gasteiger partial charge in [-0.05, 0) is 37.0 Å². The number of rotatable bonds is 7. The lowest BCUT2D eigenvalue weighted by Crippen LogP contribution is -2.43. The molecule has 1 N–H and O–H groups in total. The minimum absolute atomic E-state index is 0.0517. The lowest BCUT2D eigenvalue weighted by molar-refractivity contribution is -0.126. The van der Waals surface area contributed by atoms with E-state index in [1.165, 1.54) is 0 Å². The second kappa shape index (κ2) is 10.4. The number of nitrogens with one attached hydrogen (secondary N) is 1. The van der Waals surface area contributed by atoms with Gasteiger partial charge in [0.05, 0.1) is 18.8 Å². The van der Waals surface area contributed by atoms with Crippen molar-refractivity contribution in [3.63, 3.8) is 0 Å². The zero-order valence-electron chi connectivity index (χ0n) is 18.1. The summed E-state index contributed by atoms with van der Waals surface area (Å²) in [6.45, 7) is 3.03. The van der Waals surface area contributed by atoms with Gasteiger partial charge in [-0.25, -0.2) is 4.68 Å². The summed E-state index contributed by atoms with van der Waals surface area (Å²) in [5.74, 6) is -0.172. The van der Waals surface area contributed by atoms with Crippen molar-refractivity contribution in [1.82, 2.24) is 25.2 Å². The number of ether oxygens (including phenoxy) is 2. The van der Waals surface area contributed by atoms with Crippen LogP contribution in [0, 0.1) is 5.92 Å². The molecular weight excluding hydrogens is 434 g/mol. The molecule has 4 rings (SSSR count). The van der Waals surface area contributed by atoms with Crippen LogP contribution in [0.4, 0.5) is 0 Å². The van der Waals surface area contributed by atoms with E-state index < -0.39 is 0 Å². The molecule has 2 aliphatic rings. The van der Waals surface area contributed by atoms with Gasteiger partial charge in [-0.2, -0.15) is 0 Å². The number of piperidine rings is 1. The zero-order chi connectivity index (χ0) is 22.5. The second-order valence-corrected chi connectivity index (χ2v) is 8.56. The van der Waals surface area contributed by atoms with Crippen LogP contribution in [0.1, 0.15) is 47.1 Å². The molecule has 1 atom stereocenters. The number of methoxy groups -OCH3 is 1. The second-order valence-electron chi connectivity index (χ2n) is 8.12. The molecule has 2 aromatic rings. The summed E-state index contributed by atoms with van der Waals surface area (Å²) in [4.78, 5) is 27.1. The topological polar surface area (TPSA) is 98.6 Å². The highest BCUT2D eigenvalue weighted by Gasteiger charge is 2.33. The average molecular weight is 462 g/mol. The standard InChI is InChI=1S/C22H28ClN5O4/c1-31-12-2-9-24-21(29)16-7-10-27(11-8-16)22(30)20-18-14-32-19(13-28(18)26-25-20)15-3-5-17(23)6-4-15/h3-6,16,19H,2,7-14H2,1H3,(H,24,29)/t19-/m0/s1. The number of amides is 2. The van der Waals surface area contributed by atoms with Gasteiger partial charge in [0, 0.05) is 44.3 Å². The van der Waals surface area contributed by atoms with Gasteiger partial charge in [0.2, 0.25) is 5.91 Å². The molecule has 1 aromatic heterocycles. The number of carbonyl (C=O) groups excluding carboxylic acids is 2. The van der Waals surface area contributed by atoms with Crippen LogP contribution in [-0.4, -0.2) is 65.1 Å². The smallest absolute Gasteiger partial charge is 0.276 e.